The van der Waals surface area contributed by atoms with Gasteiger partial charge >= 0.3 is 0 Å². The van der Waals surface area contributed by atoms with E-state index in [1.807, 2.05) is 19.9 Å². The van der Waals surface area contributed by atoms with Crippen molar-refractivity contribution in [1.82, 2.24) is 5.32 Å². The zero-order valence-electron chi connectivity index (χ0n) is 10.9. The van der Waals surface area contributed by atoms with E-state index in [2.05, 4.69) is 12.2 Å². The van der Waals surface area contributed by atoms with E-state index in [-0.39, 0.29) is 12.3 Å². The van der Waals surface area contributed by atoms with E-state index in [9.17, 15) is 0 Å². The molecule has 0 aliphatic rings. The molecule has 4 nitrogen and oxygen atoms in total. The molecule has 1 rings (SSSR count). The molecule has 1 N–H and O–H groups in total. The minimum atomic E-state index is -0.269. The van der Waals surface area contributed by atoms with Crippen molar-refractivity contribution in [2.24, 2.45) is 0 Å². The van der Waals surface area contributed by atoms with E-state index in [1.165, 1.54) is 0 Å². The lowest BCUT2D eigenvalue weighted by atomic mass is 10.1. The summed E-state index contributed by atoms with van der Waals surface area (Å²) in [5.74, 6) is 0. The fourth-order valence-corrected chi connectivity index (χ4v) is 1.69. The van der Waals surface area contributed by atoms with Crippen molar-refractivity contribution in [2.45, 2.75) is 39.5 Å². The average Bonchev–Trinajstić information content (AvgIpc) is 2.84. The molecule has 98 valence electrons. The Morgan fingerprint density at radius 3 is 2.41 bits per heavy atom. The molecule has 0 radical (unpaired) electrons. The van der Waals surface area contributed by atoms with Crippen molar-refractivity contribution in [3.8, 4) is 0 Å². The van der Waals surface area contributed by atoms with E-state index in [4.69, 9.17) is 13.9 Å². The van der Waals surface area contributed by atoms with Crippen LogP contribution in [0.15, 0.2) is 23.0 Å². The molecule has 0 saturated carbocycles. The molecule has 0 spiro atoms. The van der Waals surface area contributed by atoms with Crippen molar-refractivity contribution in [3.63, 3.8) is 0 Å². The highest BCUT2D eigenvalue weighted by Gasteiger charge is 2.24. The Morgan fingerprint density at radius 2 is 1.94 bits per heavy atom. The molecule has 0 amide bonds. The Labute approximate surface area is 103 Å². The molecule has 0 aliphatic heterocycles. The topological polar surface area (TPSA) is 43.6 Å². The van der Waals surface area contributed by atoms with Crippen molar-refractivity contribution in [2.75, 3.05) is 19.8 Å². The fraction of sp³-hybridized carbons (Fsp3) is 0.692. The van der Waals surface area contributed by atoms with Gasteiger partial charge < -0.3 is 19.2 Å². The Kier molecular flexibility index (Phi) is 6.93. The smallest absolute Gasteiger partial charge is 0.176 e. The first-order chi connectivity index (χ1) is 8.33. The van der Waals surface area contributed by atoms with E-state index in [1.54, 1.807) is 12.5 Å². The minimum absolute atomic E-state index is 0.0219. The maximum atomic E-state index is 5.64. The first-order valence-corrected chi connectivity index (χ1v) is 6.32. The Hall–Kier alpha value is -0.840. The molecule has 1 heterocycles. The minimum Gasteiger partial charge on any atom is -0.472 e. The number of hydrogen-bond acceptors (Lipinski definition) is 4. The summed E-state index contributed by atoms with van der Waals surface area (Å²) in [6, 6.07) is 1.96. The molecule has 1 aromatic heterocycles. The lowest BCUT2D eigenvalue weighted by Crippen LogP contribution is -2.36. The Balaban J connectivity index is 2.71. The molecular weight excluding hydrogens is 218 g/mol. The number of ether oxygens (including phenoxy) is 2. The largest absolute Gasteiger partial charge is 0.472 e. The van der Waals surface area contributed by atoms with Gasteiger partial charge in [-0.15, -0.1) is 0 Å². The summed E-state index contributed by atoms with van der Waals surface area (Å²) in [6.45, 7) is 8.26. The fourth-order valence-electron chi connectivity index (χ4n) is 1.69. The van der Waals surface area contributed by atoms with Gasteiger partial charge in [-0.05, 0) is 32.9 Å². The normalized spacial score (nSPS) is 13.2. The first-order valence-electron chi connectivity index (χ1n) is 6.32. The zero-order chi connectivity index (χ0) is 12.5. The lowest BCUT2D eigenvalue weighted by molar-refractivity contribution is -0.155. The van der Waals surface area contributed by atoms with Crippen LogP contribution in [0.3, 0.4) is 0 Å². The van der Waals surface area contributed by atoms with Gasteiger partial charge in [0.05, 0.1) is 18.6 Å². The van der Waals surface area contributed by atoms with E-state index in [0.29, 0.717) is 13.2 Å². The van der Waals surface area contributed by atoms with Crippen molar-refractivity contribution >= 4 is 0 Å². The van der Waals surface area contributed by atoms with Crippen molar-refractivity contribution in [3.05, 3.63) is 24.2 Å². The van der Waals surface area contributed by atoms with Gasteiger partial charge in [-0.1, -0.05) is 6.92 Å². The number of hydrogen-bond donors (Lipinski definition) is 1. The third-order valence-electron chi connectivity index (χ3n) is 2.45. The second kappa shape index (κ2) is 8.28. The number of rotatable bonds is 9. The van der Waals surface area contributed by atoms with Gasteiger partial charge in [0.15, 0.2) is 6.29 Å². The van der Waals surface area contributed by atoms with Crippen LogP contribution < -0.4 is 5.32 Å². The van der Waals surface area contributed by atoms with Gasteiger partial charge in [-0.2, -0.15) is 0 Å². The molecule has 1 atom stereocenters. The summed E-state index contributed by atoms with van der Waals surface area (Å²) >= 11 is 0. The molecule has 0 saturated heterocycles. The zero-order valence-corrected chi connectivity index (χ0v) is 10.9. The Morgan fingerprint density at radius 1 is 1.24 bits per heavy atom. The molecule has 0 aliphatic carbocycles. The summed E-state index contributed by atoms with van der Waals surface area (Å²) in [7, 11) is 0. The van der Waals surface area contributed by atoms with Crippen LogP contribution in [0, 0.1) is 0 Å². The summed E-state index contributed by atoms with van der Waals surface area (Å²) in [5, 5.41) is 3.43. The third kappa shape index (κ3) is 4.50. The van der Waals surface area contributed by atoms with Crippen LogP contribution in [-0.4, -0.2) is 26.0 Å². The van der Waals surface area contributed by atoms with Gasteiger partial charge in [0.1, 0.15) is 0 Å². The van der Waals surface area contributed by atoms with Gasteiger partial charge in [0, 0.05) is 18.8 Å². The van der Waals surface area contributed by atoms with E-state index in [0.717, 1.165) is 18.5 Å². The van der Waals surface area contributed by atoms with Crippen LogP contribution in [0.1, 0.15) is 38.8 Å². The maximum absolute atomic E-state index is 5.64. The molecule has 0 fully saturated rings. The lowest BCUT2D eigenvalue weighted by Gasteiger charge is -2.26. The molecule has 1 aromatic rings. The molecule has 17 heavy (non-hydrogen) atoms. The monoisotopic (exact) mass is 241 g/mol. The molecule has 0 bridgehead atoms. The average molecular weight is 241 g/mol. The number of nitrogens with one attached hydrogen (secondary N) is 1. The molecule has 1 unspecified atom stereocenters. The second-order valence-electron chi connectivity index (χ2n) is 3.77. The van der Waals surface area contributed by atoms with Gasteiger partial charge in [-0.25, -0.2) is 0 Å². The summed E-state index contributed by atoms with van der Waals surface area (Å²) in [6.07, 6.45) is 4.21. The van der Waals surface area contributed by atoms with E-state index >= 15 is 0 Å². The second-order valence-corrected chi connectivity index (χ2v) is 3.77. The quantitative estimate of drug-likeness (QED) is 0.675. The molecule has 0 aromatic carbocycles. The highest BCUT2D eigenvalue weighted by atomic mass is 16.7. The molecular formula is C13H23NO3. The maximum Gasteiger partial charge on any atom is 0.176 e. The van der Waals surface area contributed by atoms with Crippen molar-refractivity contribution in [1.29, 1.82) is 0 Å². The van der Waals surface area contributed by atoms with Crippen LogP contribution in [0.5, 0.6) is 0 Å². The number of furan rings is 1. The van der Waals surface area contributed by atoms with Crippen LogP contribution in [0.25, 0.3) is 0 Å². The highest BCUT2D eigenvalue weighted by Crippen LogP contribution is 2.21. The highest BCUT2D eigenvalue weighted by molar-refractivity contribution is 5.12. The first kappa shape index (κ1) is 14.2. The Bertz CT molecular complexity index is 268. The predicted octanol–water partition coefficient (Wildman–Crippen LogP) is 2.72. The van der Waals surface area contributed by atoms with Crippen LogP contribution >= 0.6 is 0 Å². The molecule has 4 heteroatoms. The standard InChI is InChI=1S/C13H23NO3/c1-4-8-14-12(11-7-9-15-10-11)13(16-5-2)17-6-3/h7,9-10,12-14H,4-6,8H2,1-3H3. The summed E-state index contributed by atoms with van der Waals surface area (Å²) in [5.41, 5.74) is 1.06. The summed E-state index contributed by atoms with van der Waals surface area (Å²) < 4.78 is 16.4. The summed E-state index contributed by atoms with van der Waals surface area (Å²) in [4.78, 5) is 0. The van der Waals surface area contributed by atoms with Gasteiger partial charge in [0.25, 0.3) is 0 Å². The van der Waals surface area contributed by atoms with Crippen LogP contribution in [0.4, 0.5) is 0 Å². The van der Waals surface area contributed by atoms with E-state index < -0.39 is 0 Å². The van der Waals surface area contributed by atoms with Crippen molar-refractivity contribution < 1.29 is 13.9 Å². The van der Waals surface area contributed by atoms with Crippen LogP contribution in [-0.2, 0) is 9.47 Å². The van der Waals surface area contributed by atoms with Crippen LogP contribution in [0.2, 0.25) is 0 Å². The van der Waals surface area contributed by atoms with Gasteiger partial charge in [-0.3, -0.25) is 0 Å². The third-order valence-corrected chi connectivity index (χ3v) is 2.45. The SMILES string of the molecule is CCCNC(c1ccoc1)C(OCC)OCC. The van der Waals surface area contributed by atoms with Gasteiger partial charge in [0.2, 0.25) is 0 Å². The predicted molar refractivity (Wildman–Crippen MR) is 66.8 cm³/mol.